The number of aromatic nitrogens is 2. The Balaban J connectivity index is 2.24. The Kier molecular flexibility index (Phi) is 3.74. The highest BCUT2D eigenvalue weighted by molar-refractivity contribution is 6.37. The van der Waals surface area contributed by atoms with E-state index < -0.39 is 0 Å². The number of hydrogen-bond acceptors (Lipinski definition) is 1. The maximum Gasteiger partial charge on any atom is 0.107 e. The predicted octanol–water partition coefficient (Wildman–Crippen LogP) is 4.24. The second-order valence-electron chi connectivity index (χ2n) is 3.34. The summed E-state index contributed by atoms with van der Waals surface area (Å²) >= 11 is 18.4. The van der Waals surface area contributed by atoms with Crippen LogP contribution in [-0.2, 0) is 6.42 Å². The van der Waals surface area contributed by atoms with E-state index in [1.807, 2.05) is 0 Å². The first-order chi connectivity index (χ1) is 7.68. The predicted molar refractivity (Wildman–Crippen MR) is 67.3 cm³/mol. The second-order valence-corrected chi connectivity index (χ2v) is 4.68. The number of alkyl halides is 1. The van der Waals surface area contributed by atoms with Crippen LogP contribution in [-0.4, -0.2) is 9.97 Å². The van der Waals surface area contributed by atoms with Crippen molar-refractivity contribution in [1.29, 1.82) is 0 Å². The molecule has 0 fully saturated rings. The van der Waals surface area contributed by atoms with Gasteiger partial charge in [0.25, 0.3) is 0 Å². The molecule has 16 heavy (non-hydrogen) atoms. The molecule has 5 heteroatoms. The van der Waals surface area contributed by atoms with Gasteiger partial charge in [-0.05, 0) is 12.1 Å². The lowest BCUT2D eigenvalue weighted by Gasteiger charge is -2.12. The summed E-state index contributed by atoms with van der Waals surface area (Å²) in [6.45, 7) is 0. The van der Waals surface area contributed by atoms with Crippen LogP contribution in [0.5, 0.6) is 0 Å². The van der Waals surface area contributed by atoms with Crippen LogP contribution >= 0.6 is 34.8 Å². The number of nitrogens with one attached hydrogen (secondary N) is 1. The lowest BCUT2D eigenvalue weighted by atomic mass is 10.1. The van der Waals surface area contributed by atoms with Gasteiger partial charge in [0.2, 0.25) is 0 Å². The SMILES string of the molecule is Clc1cccc(Cl)c1C(Cl)Cc1ncc[nH]1. The van der Waals surface area contributed by atoms with Gasteiger partial charge in [0.15, 0.2) is 0 Å². The molecule has 1 heterocycles. The first-order valence-electron chi connectivity index (χ1n) is 4.74. The van der Waals surface area contributed by atoms with Crippen LogP contribution in [0, 0.1) is 0 Å². The number of imidazole rings is 1. The van der Waals surface area contributed by atoms with Gasteiger partial charge < -0.3 is 4.98 Å². The third-order valence-corrected chi connectivity index (χ3v) is 3.27. The fourth-order valence-electron chi connectivity index (χ4n) is 1.49. The van der Waals surface area contributed by atoms with E-state index in [4.69, 9.17) is 34.8 Å². The zero-order chi connectivity index (χ0) is 11.5. The minimum atomic E-state index is -0.285. The van der Waals surface area contributed by atoms with E-state index in [0.717, 1.165) is 11.4 Å². The number of nitrogens with zero attached hydrogens (tertiary/aromatic N) is 1. The Morgan fingerprint density at radius 1 is 1.25 bits per heavy atom. The minimum absolute atomic E-state index is 0.285. The second kappa shape index (κ2) is 5.09. The van der Waals surface area contributed by atoms with Crippen molar-refractivity contribution in [2.75, 3.05) is 0 Å². The van der Waals surface area contributed by atoms with E-state index in [1.165, 1.54) is 0 Å². The van der Waals surface area contributed by atoms with Crippen molar-refractivity contribution in [2.24, 2.45) is 0 Å². The smallest absolute Gasteiger partial charge is 0.107 e. The van der Waals surface area contributed by atoms with E-state index >= 15 is 0 Å². The quantitative estimate of drug-likeness (QED) is 0.834. The summed E-state index contributed by atoms with van der Waals surface area (Å²) in [6, 6.07) is 5.35. The van der Waals surface area contributed by atoms with Gasteiger partial charge in [-0.1, -0.05) is 29.3 Å². The summed E-state index contributed by atoms with van der Waals surface area (Å²) in [6.07, 6.45) is 4.01. The number of benzene rings is 1. The zero-order valence-electron chi connectivity index (χ0n) is 8.25. The van der Waals surface area contributed by atoms with E-state index in [1.54, 1.807) is 30.6 Å². The Labute approximate surface area is 109 Å². The van der Waals surface area contributed by atoms with E-state index in [-0.39, 0.29) is 5.38 Å². The summed E-state index contributed by atoms with van der Waals surface area (Å²) in [4.78, 5) is 7.11. The van der Waals surface area contributed by atoms with Crippen molar-refractivity contribution in [1.82, 2.24) is 9.97 Å². The van der Waals surface area contributed by atoms with Gasteiger partial charge in [0, 0.05) is 34.4 Å². The first kappa shape index (κ1) is 11.8. The Hall–Kier alpha value is -0.700. The number of rotatable bonds is 3. The maximum absolute atomic E-state index is 6.28. The van der Waals surface area contributed by atoms with Gasteiger partial charge in [-0.25, -0.2) is 4.98 Å². The molecule has 1 aromatic heterocycles. The molecule has 0 saturated heterocycles. The molecule has 2 rings (SSSR count). The van der Waals surface area contributed by atoms with Gasteiger partial charge in [-0.3, -0.25) is 0 Å². The van der Waals surface area contributed by atoms with Crippen LogP contribution in [0.4, 0.5) is 0 Å². The van der Waals surface area contributed by atoms with Crippen molar-refractivity contribution in [3.8, 4) is 0 Å². The Bertz CT molecular complexity index is 448. The topological polar surface area (TPSA) is 28.7 Å². The standard InChI is InChI=1S/C11H9Cl3N2/c12-7-2-1-3-8(13)11(7)9(14)6-10-15-4-5-16-10/h1-5,9H,6H2,(H,15,16). The molecule has 2 nitrogen and oxygen atoms in total. The molecule has 0 aliphatic rings. The van der Waals surface area contributed by atoms with Gasteiger partial charge in [0.1, 0.15) is 5.82 Å². The average molecular weight is 276 g/mol. The molecule has 0 amide bonds. The van der Waals surface area contributed by atoms with E-state index in [9.17, 15) is 0 Å². The molecule has 1 N–H and O–H groups in total. The molecule has 0 bridgehead atoms. The summed E-state index contributed by atoms with van der Waals surface area (Å²) in [5.74, 6) is 0.816. The van der Waals surface area contributed by atoms with Gasteiger partial charge in [0.05, 0.1) is 5.38 Å². The molecule has 1 unspecified atom stereocenters. The van der Waals surface area contributed by atoms with Crippen molar-refractivity contribution in [3.63, 3.8) is 0 Å². The zero-order valence-corrected chi connectivity index (χ0v) is 10.5. The lowest BCUT2D eigenvalue weighted by Crippen LogP contribution is -1.99. The number of aromatic amines is 1. The molecule has 0 aliphatic heterocycles. The summed E-state index contributed by atoms with van der Waals surface area (Å²) in [7, 11) is 0. The van der Waals surface area contributed by atoms with Gasteiger partial charge in [-0.2, -0.15) is 0 Å². The highest BCUT2D eigenvalue weighted by atomic mass is 35.5. The summed E-state index contributed by atoms with van der Waals surface area (Å²) in [5.41, 5.74) is 0.754. The molecule has 0 saturated carbocycles. The average Bonchev–Trinajstić information content (AvgIpc) is 2.70. The molecule has 0 aliphatic carbocycles. The maximum atomic E-state index is 6.28. The van der Waals surface area contributed by atoms with Crippen molar-refractivity contribution in [3.05, 3.63) is 52.0 Å². The molecule has 2 aromatic rings. The third kappa shape index (κ3) is 2.51. The summed E-state index contributed by atoms with van der Waals surface area (Å²) < 4.78 is 0. The molecular weight excluding hydrogens is 266 g/mol. The Morgan fingerprint density at radius 3 is 2.50 bits per heavy atom. The number of hydrogen-bond donors (Lipinski definition) is 1. The Morgan fingerprint density at radius 2 is 1.94 bits per heavy atom. The van der Waals surface area contributed by atoms with Crippen molar-refractivity contribution in [2.45, 2.75) is 11.8 Å². The third-order valence-electron chi connectivity index (χ3n) is 2.24. The first-order valence-corrected chi connectivity index (χ1v) is 5.94. The van der Waals surface area contributed by atoms with Gasteiger partial charge in [-0.15, -0.1) is 11.6 Å². The van der Waals surface area contributed by atoms with E-state index in [0.29, 0.717) is 16.5 Å². The number of H-pyrrole nitrogens is 1. The van der Waals surface area contributed by atoms with Crippen LogP contribution < -0.4 is 0 Å². The van der Waals surface area contributed by atoms with Crippen molar-refractivity contribution < 1.29 is 0 Å². The van der Waals surface area contributed by atoms with Crippen LogP contribution in [0.15, 0.2) is 30.6 Å². The molecule has 0 radical (unpaired) electrons. The van der Waals surface area contributed by atoms with Gasteiger partial charge >= 0.3 is 0 Å². The minimum Gasteiger partial charge on any atom is -0.349 e. The van der Waals surface area contributed by atoms with Crippen LogP contribution in [0.1, 0.15) is 16.8 Å². The fourth-order valence-corrected chi connectivity index (χ4v) is 2.65. The molecule has 0 spiro atoms. The monoisotopic (exact) mass is 274 g/mol. The normalized spacial score (nSPS) is 12.7. The highest BCUT2D eigenvalue weighted by Crippen LogP contribution is 2.35. The largest absolute Gasteiger partial charge is 0.349 e. The molecule has 1 atom stereocenters. The summed E-state index contributed by atoms with van der Waals surface area (Å²) in [5, 5.41) is 0.880. The van der Waals surface area contributed by atoms with E-state index in [2.05, 4.69) is 9.97 Å². The van der Waals surface area contributed by atoms with Crippen LogP contribution in [0.3, 0.4) is 0 Å². The molecular formula is C11H9Cl3N2. The number of halogens is 3. The highest BCUT2D eigenvalue weighted by Gasteiger charge is 2.16. The fraction of sp³-hybridized carbons (Fsp3) is 0.182. The van der Waals surface area contributed by atoms with Crippen LogP contribution in [0.2, 0.25) is 10.0 Å². The van der Waals surface area contributed by atoms with Crippen molar-refractivity contribution >= 4 is 34.8 Å². The lowest BCUT2D eigenvalue weighted by molar-refractivity contribution is 0.855. The molecule has 1 aromatic carbocycles. The van der Waals surface area contributed by atoms with Crippen LogP contribution in [0.25, 0.3) is 0 Å². The molecule has 84 valence electrons.